The summed E-state index contributed by atoms with van der Waals surface area (Å²) >= 11 is 1.49. The molecule has 0 aliphatic rings. The summed E-state index contributed by atoms with van der Waals surface area (Å²) in [5, 5.41) is 0.642. The molecule has 1 unspecified atom stereocenters. The molecule has 1 aromatic carbocycles. The molecular formula is C16H21N3OS. The van der Waals surface area contributed by atoms with Gasteiger partial charge < -0.3 is 10.7 Å². The van der Waals surface area contributed by atoms with Crippen LogP contribution >= 0.6 is 11.8 Å². The minimum atomic E-state index is -0.0966. The molecular weight excluding hydrogens is 282 g/mol. The van der Waals surface area contributed by atoms with Crippen molar-refractivity contribution in [3.63, 3.8) is 0 Å². The molecule has 0 aliphatic heterocycles. The number of nitrogens with two attached hydrogens (primary N) is 1. The van der Waals surface area contributed by atoms with Crippen LogP contribution in [-0.2, 0) is 12.8 Å². The molecule has 0 bridgehead atoms. The van der Waals surface area contributed by atoms with E-state index in [1.165, 1.54) is 17.3 Å². The number of aryl methyl sites for hydroxylation is 1. The molecule has 0 fully saturated rings. The Balaban J connectivity index is 2.27. The van der Waals surface area contributed by atoms with Crippen molar-refractivity contribution in [2.24, 2.45) is 5.73 Å². The van der Waals surface area contributed by atoms with Crippen molar-refractivity contribution in [2.75, 3.05) is 0 Å². The van der Waals surface area contributed by atoms with Gasteiger partial charge in [0.05, 0.1) is 0 Å². The topological polar surface area (TPSA) is 71.8 Å². The lowest BCUT2D eigenvalue weighted by molar-refractivity contribution is 0.729. The van der Waals surface area contributed by atoms with Crippen LogP contribution < -0.4 is 11.3 Å². The van der Waals surface area contributed by atoms with Crippen LogP contribution in [0.5, 0.6) is 0 Å². The summed E-state index contributed by atoms with van der Waals surface area (Å²) in [5.74, 6) is 0. The van der Waals surface area contributed by atoms with Crippen molar-refractivity contribution < 1.29 is 0 Å². The van der Waals surface area contributed by atoms with E-state index < -0.39 is 0 Å². The van der Waals surface area contributed by atoms with E-state index in [-0.39, 0.29) is 11.6 Å². The Morgan fingerprint density at radius 2 is 2.14 bits per heavy atom. The van der Waals surface area contributed by atoms with Crippen molar-refractivity contribution in [3.05, 3.63) is 51.9 Å². The Kier molecular flexibility index (Phi) is 5.59. The van der Waals surface area contributed by atoms with Crippen molar-refractivity contribution >= 4 is 11.8 Å². The second-order valence-electron chi connectivity index (χ2n) is 5.18. The third kappa shape index (κ3) is 4.72. The zero-order valence-corrected chi connectivity index (χ0v) is 13.2. The summed E-state index contributed by atoms with van der Waals surface area (Å²) in [6.45, 7) is 4.07. The van der Waals surface area contributed by atoms with Crippen LogP contribution in [0.2, 0.25) is 0 Å². The van der Waals surface area contributed by atoms with Crippen LogP contribution in [0, 0.1) is 0 Å². The van der Waals surface area contributed by atoms with Crippen molar-refractivity contribution in [1.29, 1.82) is 0 Å². The number of hydrogen-bond acceptors (Lipinski definition) is 4. The van der Waals surface area contributed by atoms with Crippen LogP contribution in [0.3, 0.4) is 0 Å². The van der Waals surface area contributed by atoms with Gasteiger partial charge in [0, 0.05) is 22.7 Å². The third-order valence-corrected chi connectivity index (χ3v) is 4.01. The molecule has 1 heterocycles. The van der Waals surface area contributed by atoms with Gasteiger partial charge in [-0.05, 0) is 31.4 Å². The monoisotopic (exact) mass is 303 g/mol. The van der Waals surface area contributed by atoms with Gasteiger partial charge in [0.1, 0.15) is 0 Å². The van der Waals surface area contributed by atoms with Gasteiger partial charge in [0.15, 0.2) is 5.16 Å². The van der Waals surface area contributed by atoms with Crippen LogP contribution in [0.25, 0.3) is 0 Å². The van der Waals surface area contributed by atoms with Crippen molar-refractivity contribution in [3.8, 4) is 0 Å². The smallest absolute Gasteiger partial charge is 0.251 e. The van der Waals surface area contributed by atoms with E-state index in [0.29, 0.717) is 5.16 Å². The number of benzene rings is 1. The molecule has 1 aromatic heterocycles. The maximum atomic E-state index is 11.7. The normalized spacial score (nSPS) is 12.3. The average Bonchev–Trinajstić information content (AvgIpc) is 2.40. The lowest BCUT2D eigenvalue weighted by atomic mass is 10.1. The van der Waals surface area contributed by atoms with Crippen LogP contribution in [-0.4, -0.2) is 16.0 Å². The van der Waals surface area contributed by atoms with E-state index >= 15 is 0 Å². The zero-order chi connectivity index (χ0) is 15.2. The predicted octanol–water partition coefficient (Wildman–Crippen LogP) is 2.76. The van der Waals surface area contributed by atoms with Crippen LogP contribution in [0.4, 0.5) is 0 Å². The number of hydrogen-bond donors (Lipinski definition) is 2. The quantitative estimate of drug-likeness (QED) is 0.805. The van der Waals surface area contributed by atoms with Crippen LogP contribution in [0.15, 0.2) is 45.2 Å². The van der Waals surface area contributed by atoms with E-state index in [2.05, 4.69) is 23.0 Å². The average molecular weight is 303 g/mol. The molecule has 2 aromatic rings. The predicted molar refractivity (Wildman–Crippen MR) is 86.8 cm³/mol. The van der Waals surface area contributed by atoms with Gasteiger partial charge in [-0.2, -0.15) is 0 Å². The minimum absolute atomic E-state index is 0.0966. The number of nitrogens with one attached hydrogen (secondary N) is 1. The molecule has 0 saturated heterocycles. The van der Waals surface area contributed by atoms with E-state index in [1.54, 1.807) is 6.07 Å². The molecule has 0 saturated carbocycles. The second-order valence-corrected chi connectivity index (χ2v) is 6.21. The van der Waals surface area contributed by atoms with Gasteiger partial charge in [-0.1, -0.05) is 43.3 Å². The first-order valence-electron chi connectivity index (χ1n) is 7.20. The lowest BCUT2D eigenvalue weighted by Gasteiger charge is -2.11. The maximum Gasteiger partial charge on any atom is 0.251 e. The van der Waals surface area contributed by atoms with E-state index in [0.717, 1.165) is 29.9 Å². The Morgan fingerprint density at radius 1 is 1.38 bits per heavy atom. The fraction of sp³-hybridized carbons (Fsp3) is 0.375. The molecule has 1 atom stereocenters. The highest BCUT2D eigenvalue weighted by Gasteiger charge is 2.08. The number of nitrogens with zero attached hydrogens (tertiary/aromatic N) is 1. The highest BCUT2D eigenvalue weighted by Crippen LogP contribution is 2.28. The first-order valence-corrected chi connectivity index (χ1v) is 8.01. The molecule has 4 nitrogen and oxygen atoms in total. The third-order valence-electron chi connectivity index (χ3n) is 3.00. The summed E-state index contributed by atoms with van der Waals surface area (Å²) in [6, 6.07) is 9.77. The maximum absolute atomic E-state index is 11.7. The molecule has 0 aliphatic carbocycles. The summed E-state index contributed by atoms with van der Waals surface area (Å²) in [4.78, 5) is 20.1. The second kappa shape index (κ2) is 7.43. The lowest BCUT2D eigenvalue weighted by Crippen LogP contribution is -2.18. The van der Waals surface area contributed by atoms with Crippen LogP contribution in [0.1, 0.15) is 31.5 Å². The largest absolute Gasteiger partial charge is 0.328 e. The van der Waals surface area contributed by atoms with E-state index in [1.807, 2.05) is 25.1 Å². The molecule has 112 valence electrons. The Hall–Kier alpha value is -1.59. The molecule has 0 spiro atoms. The zero-order valence-electron chi connectivity index (χ0n) is 12.4. The van der Waals surface area contributed by atoms with Crippen molar-refractivity contribution in [2.45, 2.75) is 49.2 Å². The van der Waals surface area contributed by atoms with Gasteiger partial charge in [0.2, 0.25) is 0 Å². The van der Waals surface area contributed by atoms with Gasteiger partial charge >= 0.3 is 0 Å². The van der Waals surface area contributed by atoms with Gasteiger partial charge in [-0.25, -0.2) is 4.98 Å². The number of H-pyrrole nitrogens is 1. The van der Waals surface area contributed by atoms with E-state index in [9.17, 15) is 4.79 Å². The molecule has 21 heavy (non-hydrogen) atoms. The molecule has 0 amide bonds. The highest BCUT2D eigenvalue weighted by atomic mass is 32.2. The first-order chi connectivity index (χ1) is 10.1. The molecule has 0 radical (unpaired) electrons. The highest BCUT2D eigenvalue weighted by molar-refractivity contribution is 7.99. The van der Waals surface area contributed by atoms with E-state index in [4.69, 9.17) is 5.73 Å². The number of aromatic nitrogens is 2. The summed E-state index contributed by atoms with van der Waals surface area (Å²) in [6.07, 6.45) is 2.60. The summed E-state index contributed by atoms with van der Waals surface area (Å²) in [5.41, 5.74) is 7.82. The van der Waals surface area contributed by atoms with Gasteiger partial charge in [-0.3, -0.25) is 4.79 Å². The fourth-order valence-corrected chi connectivity index (χ4v) is 3.09. The summed E-state index contributed by atoms with van der Waals surface area (Å²) < 4.78 is 0. The minimum Gasteiger partial charge on any atom is -0.328 e. The first kappa shape index (κ1) is 15.8. The van der Waals surface area contributed by atoms with Gasteiger partial charge in [-0.15, -0.1) is 0 Å². The molecule has 3 N–H and O–H groups in total. The molecule has 2 rings (SSSR count). The van der Waals surface area contributed by atoms with Gasteiger partial charge in [0.25, 0.3) is 5.56 Å². The Labute approximate surface area is 129 Å². The number of rotatable bonds is 6. The number of aromatic amines is 1. The molecule has 5 heteroatoms. The Bertz CT molecular complexity index is 652. The fourth-order valence-electron chi connectivity index (χ4n) is 2.14. The summed E-state index contributed by atoms with van der Waals surface area (Å²) in [7, 11) is 0. The standard InChI is InChI=1S/C16H21N3OS/c1-3-6-13-10-15(20)19-16(18-13)21-14-8-5-4-7-12(14)9-11(2)17/h4-5,7-8,10-11H,3,6,9,17H2,1-2H3,(H,18,19,20). The Morgan fingerprint density at radius 3 is 2.86 bits per heavy atom. The van der Waals surface area contributed by atoms with Crippen molar-refractivity contribution in [1.82, 2.24) is 9.97 Å². The SMILES string of the molecule is CCCc1cc(=O)[nH]c(Sc2ccccc2CC(C)N)n1.